The molecule has 108 valence electrons. The average molecular weight is 297 g/mol. The molecule has 0 spiro atoms. The third kappa shape index (κ3) is 2.42. The lowest BCUT2D eigenvalue weighted by Gasteiger charge is -2.24. The smallest absolute Gasteiger partial charge is 0.226 e. The molecule has 1 aromatic rings. The summed E-state index contributed by atoms with van der Waals surface area (Å²) in [6.45, 7) is 1.80. The van der Waals surface area contributed by atoms with E-state index >= 15 is 0 Å². The lowest BCUT2D eigenvalue weighted by molar-refractivity contribution is -0.133. The van der Waals surface area contributed by atoms with Crippen LogP contribution in [0.25, 0.3) is 0 Å². The highest BCUT2D eigenvalue weighted by atomic mass is 35.5. The lowest BCUT2D eigenvalue weighted by Crippen LogP contribution is -2.39. The molecule has 1 heterocycles. The van der Waals surface area contributed by atoms with Crippen molar-refractivity contribution in [2.75, 3.05) is 20.1 Å². The van der Waals surface area contributed by atoms with Crippen LogP contribution in [0.1, 0.15) is 24.3 Å². The van der Waals surface area contributed by atoms with E-state index in [1.807, 2.05) is 11.9 Å². The predicted octanol–water partition coefficient (Wildman–Crippen LogP) is 2.40. The molecule has 1 aromatic carbocycles. The van der Waals surface area contributed by atoms with Gasteiger partial charge in [-0.05, 0) is 31.5 Å². The Morgan fingerprint density at radius 1 is 1.50 bits per heavy atom. The summed E-state index contributed by atoms with van der Waals surface area (Å²) in [7, 11) is 1.85. The van der Waals surface area contributed by atoms with Gasteiger partial charge in [-0.3, -0.25) is 4.79 Å². The van der Waals surface area contributed by atoms with Crippen LogP contribution in [0.5, 0.6) is 0 Å². The quantitative estimate of drug-likeness (QED) is 0.929. The summed E-state index contributed by atoms with van der Waals surface area (Å²) in [6, 6.07) is 4.95. The van der Waals surface area contributed by atoms with Gasteiger partial charge in [0.25, 0.3) is 0 Å². The van der Waals surface area contributed by atoms with Crippen molar-refractivity contribution in [1.82, 2.24) is 10.2 Å². The summed E-state index contributed by atoms with van der Waals surface area (Å²) in [5.74, 6) is -0.367. The Labute approximate surface area is 123 Å². The SMILES string of the molecule is CN(C(=O)[C@@H]1C[C@H]1c1c(F)cccc1Cl)[C@@H]1CCNC1. The molecule has 1 saturated heterocycles. The van der Waals surface area contributed by atoms with Gasteiger partial charge >= 0.3 is 0 Å². The first-order chi connectivity index (χ1) is 9.59. The number of hydrogen-bond acceptors (Lipinski definition) is 2. The molecule has 3 rings (SSSR count). The van der Waals surface area contributed by atoms with Crippen LogP contribution in [-0.2, 0) is 4.79 Å². The number of benzene rings is 1. The molecule has 3 nitrogen and oxygen atoms in total. The van der Waals surface area contributed by atoms with E-state index in [0.717, 1.165) is 19.5 Å². The van der Waals surface area contributed by atoms with E-state index in [2.05, 4.69) is 5.32 Å². The highest BCUT2D eigenvalue weighted by Gasteiger charge is 2.48. The second-order valence-corrected chi connectivity index (χ2v) is 6.09. The van der Waals surface area contributed by atoms with Crippen molar-refractivity contribution < 1.29 is 9.18 Å². The lowest BCUT2D eigenvalue weighted by atomic mass is 10.1. The summed E-state index contributed by atoms with van der Waals surface area (Å²) < 4.78 is 13.9. The van der Waals surface area contributed by atoms with Crippen molar-refractivity contribution in [3.05, 3.63) is 34.6 Å². The number of nitrogens with one attached hydrogen (secondary N) is 1. The zero-order chi connectivity index (χ0) is 14.3. The fourth-order valence-electron chi connectivity index (χ4n) is 3.06. The summed E-state index contributed by atoms with van der Waals surface area (Å²) >= 11 is 6.07. The van der Waals surface area contributed by atoms with Gasteiger partial charge in [-0.25, -0.2) is 4.39 Å². The van der Waals surface area contributed by atoms with Gasteiger partial charge in [0.1, 0.15) is 5.82 Å². The Hall–Kier alpha value is -1.13. The normalized spacial score (nSPS) is 28.4. The number of carbonyl (C=O) groups excluding carboxylic acids is 1. The summed E-state index contributed by atoms with van der Waals surface area (Å²) in [4.78, 5) is 14.3. The maximum Gasteiger partial charge on any atom is 0.226 e. The Kier molecular flexibility index (Phi) is 3.69. The van der Waals surface area contributed by atoms with Crippen LogP contribution in [-0.4, -0.2) is 37.0 Å². The Balaban J connectivity index is 1.70. The average Bonchev–Trinajstić information content (AvgIpc) is 3.00. The molecule has 20 heavy (non-hydrogen) atoms. The monoisotopic (exact) mass is 296 g/mol. The molecule has 1 N–H and O–H groups in total. The molecule has 0 unspecified atom stereocenters. The fourth-order valence-corrected chi connectivity index (χ4v) is 3.37. The molecule has 2 fully saturated rings. The van der Waals surface area contributed by atoms with Crippen molar-refractivity contribution in [1.29, 1.82) is 0 Å². The molecular formula is C15H18ClFN2O. The molecule has 0 aromatic heterocycles. The molecule has 5 heteroatoms. The molecule has 1 aliphatic carbocycles. The number of hydrogen-bond donors (Lipinski definition) is 1. The van der Waals surface area contributed by atoms with Gasteiger partial charge in [-0.15, -0.1) is 0 Å². The molecule has 1 saturated carbocycles. The van der Waals surface area contributed by atoms with Gasteiger partial charge < -0.3 is 10.2 Å². The third-order valence-electron chi connectivity index (χ3n) is 4.41. The zero-order valence-corrected chi connectivity index (χ0v) is 12.2. The zero-order valence-electron chi connectivity index (χ0n) is 11.4. The first-order valence-corrected chi connectivity index (χ1v) is 7.38. The number of likely N-dealkylation sites (N-methyl/N-ethyl adjacent to an activating group) is 1. The second-order valence-electron chi connectivity index (χ2n) is 5.68. The molecule has 0 radical (unpaired) electrons. The predicted molar refractivity (Wildman–Crippen MR) is 76.3 cm³/mol. The molecule has 3 atom stereocenters. The summed E-state index contributed by atoms with van der Waals surface area (Å²) in [5.41, 5.74) is 0.505. The van der Waals surface area contributed by atoms with Gasteiger partial charge in [0.2, 0.25) is 5.91 Å². The number of halogens is 2. The van der Waals surface area contributed by atoms with Crippen LogP contribution in [0, 0.1) is 11.7 Å². The Morgan fingerprint density at radius 3 is 2.95 bits per heavy atom. The van der Waals surface area contributed by atoms with E-state index < -0.39 is 0 Å². The van der Waals surface area contributed by atoms with Crippen LogP contribution in [0.3, 0.4) is 0 Å². The van der Waals surface area contributed by atoms with Crippen LogP contribution in [0.4, 0.5) is 4.39 Å². The summed E-state index contributed by atoms with van der Waals surface area (Å²) in [5, 5.41) is 3.68. The van der Waals surface area contributed by atoms with Crippen molar-refractivity contribution in [3.8, 4) is 0 Å². The van der Waals surface area contributed by atoms with Crippen molar-refractivity contribution in [2.24, 2.45) is 5.92 Å². The first kappa shape index (κ1) is 13.8. The van der Waals surface area contributed by atoms with E-state index in [-0.39, 0.29) is 29.6 Å². The standard InChI is InChI=1S/C15H18ClFN2O/c1-19(9-5-6-18-8-9)15(20)11-7-10(11)14-12(16)3-2-4-13(14)17/h2-4,9-11,18H,5-8H2,1H3/t9-,10-,11-/m1/s1. The van der Waals surface area contributed by atoms with Crippen molar-refractivity contribution >= 4 is 17.5 Å². The maximum atomic E-state index is 13.9. The molecule has 1 amide bonds. The van der Waals surface area contributed by atoms with E-state index in [4.69, 9.17) is 11.6 Å². The minimum Gasteiger partial charge on any atom is -0.341 e. The van der Waals surface area contributed by atoms with Gasteiger partial charge in [-0.1, -0.05) is 17.7 Å². The van der Waals surface area contributed by atoms with Gasteiger partial charge in [0, 0.05) is 42.1 Å². The minimum atomic E-state index is -0.303. The van der Waals surface area contributed by atoms with E-state index in [9.17, 15) is 9.18 Å². The van der Waals surface area contributed by atoms with Crippen LogP contribution in [0.15, 0.2) is 18.2 Å². The number of nitrogens with zero attached hydrogens (tertiary/aromatic N) is 1. The number of rotatable bonds is 3. The van der Waals surface area contributed by atoms with Crippen LogP contribution < -0.4 is 5.32 Å². The third-order valence-corrected chi connectivity index (χ3v) is 4.74. The van der Waals surface area contributed by atoms with E-state index in [1.165, 1.54) is 6.07 Å². The van der Waals surface area contributed by atoms with E-state index in [1.54, 1.807) is 12.1 Å². The largest absolute Gasteiger partial charge is 0.341 e. The fraction of sp³-hybridized carbons (Fsp3) is 0.533. The topological polar surface area (TPSA) is 32.3 Å². The maximum absolute atomic E-state index is 13.9. The number of carbonyl (C=O) groups is 1. The van der Waals surface area contributed by atoms with Crippen LogP contribution >= 0.6 is 11.6 Å². The van der Waals surface area contributed by atoms with Crippen LogP contribution in [0.2, 0.25) is 5.02 Å². The van der Waals surface area contributed by atoms with Gasteiger partial charge in [-0.2, -0.15) is 0 Å². The first-order valence-electron chi connectivity index (χ1n) is 7.01. The minimum absolute atomic E-state index is 0.0620. The Bertz CT molecular complexity index is 510. The van der Waals surface area contributed by atoms with Crippen molar-refractivity contribution in [2.45, 2.75) is 24.8 Å². The molecule has 0 bridgehead atoms. The molecule has 2 aliphatic rings. The van der Waals surface area contributed by atoms with E-state index in [0.29, 0.717) is 17.0 Å². The second kappa shape index (κ2) is 5.34. The van der Waals surface area contributed by atoms with Gasteiger partial charge in [0.05, 0.1) is 0 Å². The Morgan fingerprint density at radius 2 is 2.30 bits per heavy atom. The molecule has 1 aliphatic heterocycles. The molecular weight excluding hydrogens is 279 g/mol. The highest BCUT2D eigenvalue weighted by molar-refractivity contribution is 6.31. The summed E-state index contributed by atoms with van der Waals surface area (Å²) in [6.07, 6.45) is 1.68. The van der Waals surface area contributed by atoms with Crippen molar-refractivity contribution in [3.63, 3.8) is 0 Å². The number of amides is 1. The van der Waals surface area contributed by atoms with Gasteiger partial charge in [0.15, 0.2) is 0 Å². The highest BCUT2D eigenvalue weighted by Crippen LogP contribution is 2.51.